The zero-order valence-electron chi connectivity index (χ0n) is 37.1. The van der Waals surface area contributed by atoms with E-state index in [9.17, 15) is 9.90 Å². The van der Waals surface area contributed by atoms with Crippen molar-refractivity contribution in [1.29, 1.82) is 0 Å². The number of ether oxygens (including phenoxy) is 3. The predicted octanol–water partition coefficient (Wildman–Crippen LogP) is 13.5. The number of aliphatic hydroxyl groups is 1. The molecule has 2 amide bonds. The highest BCUT2D eigenvalue weighted by Gasteiger charge is 2.33. The van der Waals surface area contributed by atoms with Crippen LogP contribution in [0.1, 0.15) is 132 Å². The van der Waals surface area contributed by atoms with Crippen LogP contribution < -0.4 is 15.4 Å². The van der Waals surface area contributed by atoms with E-state index in [1.807, 2.05) is 84.9 Å². The van der Waals surface area contributed by atoms with Crippen molar-refractivity contribution >= 4 is 11.7 Å². The normalized spacial score (nSPS) is 16.3. The van der Waals surface area contributed by atoms with Crippen molar-refractivity contribution < 1.29 is 24.1 Å². The lowest BCUT2D eigenvalue weighted by atomic mass is 9.97. The van der Waals surface area contributed by atoms with E-state index in [0.29, 0.717) is 18.0 Å². The van der Waals surface area contributed by atoms with Gasteiger partial charge >= 0.3 is 6.03 Å². The summed E-state index contributed by atoms with van der Waals surface area (Å²) in [6.45, 7) is 8.02. The molecule has 0 unspecified atom stereocenters. The number of anilines is 1. The van der Waals surface area contributed by atoms with E-state index in [2.05, 4.69) is 71.8 Å². The number of amides is 2. The smallest absolute Gasteiger partial charge is 0.319 e. The standard InChI is InChI=1S/C54H69N3O5/c1-3-5-7-9-11-18-36-57(37-19-12-10-8-6-4-2)40-50-38-52(44-26-24-42(41-58)25-27-44)62-53(61-50)45-30-28-43(29-31-45)51-23-17-16-20-46(51)39-55-54(59)56-47-32-34-49(35-33-47)60-48-21-14-13-15-22-48/h13-17,20-35,50,52-53,58H,3-12,18-19,36-41H2,1-2H3,(H2,55,56,59)/t50-,52+,53+/m1/s1. The Labute approximate surface area is 371 Å². The van der Waals surface area contributed by atoms with E-state index in [1.54, 1.807) is 0 Å². The van der Waals surface area contributed by atoms with Gasteiger partial charge in [-0.05, 0) is 90.1 Å². The van der Waals surface area contributed by atoms with Crippen LogP contribution in [0, 0.1) is 0 Å². The van der Waals surface area contributed by atoms with Crippen molar-refractivity contribution in [3.05, 3.63) is 150 Å². The average Bonchev–Trinajstić information content (AvgIpc) is 3.31. The van der Waals surface area contributed by atoms with Gasteiger partial charge in [-0.1, -0.05) is 169 Å². The largest absolute Gasteiger partial charge is 0.457 e. The minimum absolute atomic E-state index is 0.00892. The third-order valence-corrected chi connectivity index (χ3v) is 11.8. The van der Waals surface area contributed by atoms with Crippen molar-refractivity contribution in [2.45, 2.75) is 129 Å². The highest BCUT2D eigenvalue weighted by Crippen LogP contribution is 2.39. The molecule has 1 saturated heterocycles. The van der Waals surface area contributed by atoms with Crippen molar-refractivity contribution in [2.24, 2.45) is 0 Å². The first-order chi connectivity index (χ1) is 30.5. The van der Waals surface area contributed by atoms with Crippen LogP contribution in [0.3, 0.4) is 0 Å². The zero-order chi connectivity index (χ0) is 43.2. The second-order valence-electron chi connectivity index (χ2n) is 16.7. The number of carbonyl (C=O) groups is 1. The Hall–Kier alpha value is -4.99. The first-order valence-electron chi connectivity index (χ1n) is 23.3. The van der Waals surface area contributed by atoms with Gasteiger partial charge in [0.1, 0.15) is 11.5 Å². The quantitative estimate of drug-likeness (QED) is 0.0507. The molecule has 8 nitrogen and oxygen atoms in total. The van der Waals surface area contributed by atoms with E-state index in [0.717, 1.165) is 65.2 Å². The predicted molar refractivity (Wildman–Crippen MR) is 252 cm³/mol. The van der Waals surface area contributed by atoms with Crippen LogP contribution in [0.15, 0.2) is 127 Å². The van der Waals surface area contributed by atoms with Gasteiger partial charge in [0, 0.05) is 30.8 Å². The Kier molecular flexibility index (Phi) is 19.4. The average molecular weight is 840 g/mol. The molecule has 1 aliphatic heterocycles. The lowest BCUT2D eigenvalue weighted by Gasteiger charge is -2.38. The molecule has 1 heterocycles. The summed E-state index contributed by atoms with van der Waals surface area (Å²) in [5.41, 5.74) is 6.76. The van der Waals surface area contributed by atoms with Crippen LogP contribution in [0.5, 0.6) is 11.5 Å². The number of para-hydroxylation sites is 1. The number of rotatable bonds is 25. The number of unbranched alkanes of at least 4 members (excludes halogenated alkanes) is 10. The second-order valence-corrected chi connectivity index (χ2v) is 16.7. The summed E-state index contributed by atoms with van der Waals surface area (Å²) < 4.78 is 19.5. The number of hydrogen-bond donors (Lipinski definition) is 3. The van der Waals surface area contributed by atoms with E-state index >= 15 is 0 Å². The maximum atomic E-state index is 13.0. The minimum Gasteiger partial charge on any atom is -0.457 e. The van der Waals surface area contributed by atoms with Gasteiger partial charge < -0.3 is 34.9 Å². The molecule has 1 aliphatic rings. The molecular formula is C54H69N3O5. The van der Waals surface area contributed by atoms with Crippen LogP contribution >= 0.6 is 0 Å². The van der Waals surface area contributed by atoms with Gasteiger partial charge in [0.05, 0.1) is 18.8 Å². The van der Waals surface area contributed by atoms with Crippen molar-refractivity contribution in [3.63, 3.8) is 0 Å². The summed E-state index contributed by atoms with van der Waals surface area (Å²) in [5, 5.41) is 15.7. The molecule has 3 N–H and O–H groups in total. The van der Waals surface area contributed by atoms with E-state index in [-0.39, 0.29) is 24.8 Å². The number of hydrogen-bond acceptors (Lipinski definition) is 6. The molecule has 0 aromatic heterocycles. The highest BCUT2D eigenvalue weighted by molar-refractivity contribution is 5.89. The molecule has 0 bridgehead atoms. The summed E-state index contributed by atoms with van der Waals surface area (Å²) in [4.78, 5) is 15.6. The molecule has 3 atom stereocenters. The Balaban J connectivity index is 1.10. The van der Waals surface area contributed by atoms with E-state index in [4.69, 9.17) is 14.2 Å². The van der Waals surface area contributed by atoms with Crippen LogP contribution in [0.25, 0.3) is 11.1 Å². The fraction of sp³-hybridized carbons (Fsp3) is 0.426. The lowest BCUT2D eigenvalue weighted by molar-refractivity contribution is -0.253. The van der Waals surface area contributed by atoms with Crippen molar-refractivity contribution in [2.75, 3.05) is 25.0 Å². The maximum absolute atomic E-state index is 13.0. The Morgan fingerprint density at radius 2 is 1.26 bits per heavy atom. The SMILES string of the molecule is CCCCCCCCN(CCCCCCCC)C[C@H]1C[C@@H](c2ccc(CO)cc2)O[C@@H](c2ccc(-c3ccccc3CNC(=O)Nc3ccc(Oc4ccccc4)cc3)cc2)O1. The fourth-order valence-corrected chi connectivity index (χ4v) is 8.20. The number of aliphatic hydroxyl groups excluding tert-OH is 1. The molecule has 5 aromatic rings. The molecule has 62 heavy (non-hydrogen) atoms. The van der Waals surface area contributed by atoms with Gasteiger partial charge in [0.2, 0.25) is 0 Å². The molecule has 0 saturated carbocycles. The van der Waals surface area contributed by atoms with Gasteiger partial charge in [-0.2, -0.15) is 0 Å². The number of nitrogens with zero attached hydrogens (tertiary/aromatic N) is 1. The maximum Gasteiger partial charge on any atom is 0.319 e. The number of carbonyl (C=O) groups excluding carboxylic acids is 1. The molecule has 8 heteroatoms. The summed E-state index contributed by atoms with van der Waals surface area (Å²) in [5.74, 6) is 1.45. The first-order valence-corrected chi connectivity index (χ1v) is 23.3. The summed E-state index contributed by atoms with van der Waals surface area (Å²) >= 11 is 0. The topological polar surface area (TPSA) is 92.3 Å². The molecule has 6 rings (SSSR count). The molecule has 0 spiro atoms. The minimum atomic E-state index is -0.519. The molecule has 0 aliphatic carbocycles. The Morgan fingerprint density at radius 3 is 1.92 bits per heavy atom. The zero-order valence-corrected chi connectivity index (χ0v) is 37.1. The van der Waals surface area contributed by atoms with Crippen LogP contribution in [-0.4, -0.2) is 41.8 Å². The summed E-state index contributed by atoms with van der Waals surface area (Å²) in [6, 6.07) is 41.4. The molecule has 5 aromatic carbocycles. The van der Waals surface area contributed by atoms with Crippen LogP contribution in [-0.2, 0) is 22.6 Å². The molecule has 0 radical (unpaired) electrons. The van der Waals surface area contributed by atoms with Crippen molar-refractivity contribution in [3.8, 4) is 22.6 Å². The van der Waals surface area contributed by atoms with Gasteiger partial charge in [0.25, 0.3) is 0 Å². The number of nitrogens with one attached hydrogen (secondary N) is 2. The van der Waals surface area contributed by atoms with Crippen LogP contribution in [0.4, 0.5) is 10.5 Å². The van der Waals surface area contributed by atoms with Gasteiger partial charge in [0.15, 0.2) is 6.29 Å². The fourth-order valence-electron chi connectivity index (χ4n) is 8.20. The van der Waals surface area contributed by atoms with Crippen LogP contribution in [0.2, 0.25) is 0 Å². The van der Waals surface area contributed by atoms with Crippen molar-refractivity contribution in [1.82, 2.24) is 10.2 Å². The molecular weight excluding hydrogens is 771 g/mol. The summed E-state index contributed by atoms with van der Waals surface area (Å²) in [7, 11) is 0. The number of benzene rings is 5. The lowest BCUT2D eigenvalue weighted by Crippen LogP contribution is -2.40. The first kappa shape index (κ1) is 46.5. The highest BCUT2D eigenvalue weighted by atomic mass is 16.7. The van der Waals surface area contributed by atoms with Gasteiger partial charge in [-0.3, -0.25) is 0 Å². The Bertz CT molecular complexity index is 1990. The monoisotopic (exact) mass is 840 g/mol. The number of urea groups is 1. The van der Waals surface area contributed by atoms with E-state index in [1.165, 1.54) is 77.0 Å². The van der Waals surface area contributed by atoms with E-state index < -0.39 is 6.29 Å². The third-order valence-electron chi connectivity index (χ3n) is 11.8. The molecule has 1 fully saturated rings. The summed E-state index contributed by atoms with van der Waals surface area (Å²) in [6.07, 6.45) is 15.6. The molecule has 330 valence electrons. The van der Waals surface area contributed by atoms with Gasteiger partial charge in [-0.25, -0.2) is 4.79 Å². The Morgan fingerprint density at radius 1 is 0.661 bits per heavy atom. The second kappa shape index (κ2) is 25.8. The third kappa shape index (κ3) is 15.1. The van der Waals surface area contributed by atoms with Gasteiger partial charge in [-0.15, -0.1) is 0 Å².